The lowest BCUT2D eigenvalue weighted by molar-refractivity contribution is 0.149. The highest BCUT2D eigenvalue weighted by molar-refractivity contribution is 5.25. The molecule has 1 fully saturated rings. The number of rotatable bonds is 10. The van der Waals surface area contributed by atoms with Crippen LogP contribution in [-0.2, 0) is 11.3 Å². The number of ether oxygens (including phenoxy) is 1. The van der Waals surface area contributed by atoms with E-state index in [9.17, 15) is 0 Å². The molecule has 0 atom stereocenters. The Hall–Kier alpha value is -1.08. The molecule has 0 bridgehead atoms. The highest BCUT2D eigenvalue weighted by Crippen LogP contribution is 2.37. The second-order valence-electron chi connectivity index (χ2n) is 7.11. The van der Waals surface area contributed by atoms with E-state index in [4.69, 9.17) is 4.74 Å². The number of unbranched alkanes of at least 4 members (excludes halogenated alkanes) is 3. The Morgan fingerprint density at radius 1 is 1.04 bits per heavy atom. The van der Waals surface area contributed by atoms with Crippen LogP contribution in [-0.4, -0.2) is 6.61 Å². The van der Waals surface area contributed by atoms with E-state index < -0.39 is 0 Å². The van der Waals surface area contributed by atoms with Crippen molar-refractivity contribution in [1.29, 1.82) is 0 Å². The Bertz CT molecular complexity index is 426. The van der Waals surface area contributed by atoms with Crippen LogP contribution >= 0.6 is 0 Å². The van der Waals surface area contributed by atoms with Gasteiger partial charge < -0.3 is 4.74 Å². The first-order valence-corrected chi connectivity index (χ1v) is 9.61. The van der Waals surface area contributed by atoms with E-state index >= 15 is 0 Å². The molecule has 0 aliphatic heterocycles. The van der Waals surface area contributed by atoms with Gasteiger partial charge in [0.2, 0.25) is 0 Å². The lowest BCUT2D eigenvalue weighted by Gasteiger charge is -2.29. The first-order chi connectivity index (χ1) is 11.3. The number of hydrogen-bond donors (Lipinski definition) is 0. The van der Waals surface area contributed by atoms with Crippen LogP contribution in [0.4, 0.5) is 0 Å². The average molecular weight is 315 g/mol. The molecule has 1 heteroatoms. The van der Waals surface area contributed by atoms with Gasteiger partial charge in [0.1, 0.15) is 0 Å². The predicted octanol–water partition coefficient (Wildman–Crippen LogP) is 6.63. The Morgan fingerprint density at radius 3 is 2.43 bits per heavy atom. The van der Waals surface area contributed by atoms with Crippen LogP contribution < -0.4 is 0 Å². The monoisotopic (exact) mass is 314 g/mol. The summed E-state index contributed by atoms with van der Waals surface area (Å²) in [4.78, 5) is 0. The SMILES string of the molecule is C=CCOCc1ccc([C@H]2CC[C@H](CCCCCC)CC2)cc1. The van der Waals surface area contributed by atoms with Crippen molar-refractivity contribution in [2.24, 2.45) is 5.92 Å². The van der Waals surface area contributed by atoms with Gasteiger partial charge in [-0.3, -0.25) is 0 Å². The molecule has 1 aromatic rings. The molecule has 0 radical (unpaired) electrons. The molecule has 0 spiro atoms. The molecule has 1 aliphatic carbocycles. The first-order valence-electron chi connectivity index (χ1n) is 9.61. The predicted molar refractivity (Wildman–Crippen MR) is 99.8 cm³/mol. The normalized spacial score (nSPS) is 21.3. The zero-order valence-electron chi connectivity index (χ0n) is 14.9. The molecular formula is C22H34O. The molecule has 0 N–H and O–H groups in total. The fourth-order valence-corrected chi connectivity index (χ4v) is 3.79. The van der Waals surface area contributed by atoms with Crippen LogP contribution in [0.2, 0.25) is 0 Å². The maximum Gasteiger partial charge on any atom is 0.0721 e. The van der Waals surface area contributed by atoms with Gasteiger partial charge in [-0.25, -0.2) is 0 Å². The molecule has 2 rings (SSSR count). The summed E-state index contributed by atoms with van der Waals surface area (Å²) in [6.07, 6.45) is 14.5. The van der Waals surface area contributed by atoms with E-state index in [0.29, 0.717) is 13.2 Å². The molecule has 0 heterocycles. The van der Waals surface area contributed by atoms with Crippen molar-refractivity contribution >= 4 is 0 Å². The Morgan fingerprint density at radius 2 is 1.78 bits per heavy atom. The van der Waals surface area contributed by atoms with Crippen molar-refractivity contribution in [1.82, 2.24) is 0 Å². The third-order valence-corrected chi connectivity index (χ3v) is 5.27. The van der Waals surface area contributed by atoms with Crippen molar-refractivity contribution in [3.63, 3.8) is 0 Å². The van der Waals surface area contributed by atoms with E-state index in [-0.39, 0.29) is 0 Å². The summed E-state index contributed by atoms with van der Waals surface area (Å²) in [6.45, 7) is 7.29. The minimum atomic E-state index is 0.629. The van der Waals surface area contributed by atoms with Crippen LogP contribution in [0.5, 0.6) is 0 Å². The van der Waals surface area contributed by atoms with Gasteiger partial charge in [0.05, 0.1) is 13.2 Å². The van der Waals surface area contributed by atoms with Gasteiger partial charge in [-0.15, -0.1) is 6.58 Å². The maximum absolute atomic E-state index is 5.51. The van der Waals surface area contributed by atoms with Crippen molar-refractivity contribution in [2.45, 2.75) is 77.2 Å². The topological polar surface area (TPSA) is 9.23 Å². The molecule has 0 aromatic heterocycles. The molecule has 128 valence electrons. The molecular weight excluding hydrogens is 280 g/mol. The molecule has 0 unspecified atom stereocenters. The molecule has 1 aliphatic rings. The first kappa shape index (κ1) is 18.3. The second-order valence-corrected chi connectivity index (χ2v) is 7.11. The standard InChI is InChI=1S/C22H34O/c1-3-5-6-7-8-19-9-13-21(14-10-19)22-15-11-20(12-16-22)18-23-17-4-2/h4,11-12,15-16,19,21H,2-3,5-10,13-14,17-18H2,1H3/t19-,21-. The molecule has 1 nitrogen and oxygen atoms in total. The van der Waals surface area contributed by atoms with E-state index in [1.54, 1.807) is 6.08 Å². The summed E-state index contributed by atoms with van der Waals surface area (Å²) in [5.74, 6) is 1.78. The van der Waals surface area contributed by atoms with Crippen LogP contribution in [0, 0.1) is 5.92 Å². The molecule has 1 aromatic carbocycles. The van der Waals surface area contributed by atoms with Crippen molar-refractivity contribution in [3.05, 3.63) is 48.0 Å². The van der Waals surface area contributed by atoms with E-state index in [2.05, 4.69) is 37.8 Å². The van der Waals surface area contributed by atoms with Gasteiger partial charge in [-0.05, 0) is 48.6 Å². The minimum absolute atomic E-state index is 0.629. The highest BCUT2D eigenvalue weighted by atomic mass is 16.5. The Labute approximate surface area is 143 Å². The third-order valence-electron chi connectivity index (χ3n) is 5.27. The quantitative estimate of drug-likeness (QED) is 0.348. The van der Waals surface area contributed by atoms with Crippen LogP contribution in [0.25, 0.3) is 0 Å². The van der Waals surface area contributed by atoms with Crippen LogP contribution in [0.15, 0.2) is 36.9 Å². The van der Waals surface area contributed by atoms with E-state index in [0.717, 1.165) is 11.8 Å². The molecule has 0 saturated heterocycles. The van der Waals surface area contributed by atoms with Gasteiger partial charge in [0.15, 0.2) is 0 Å². The summed E-state index contributed by atoms with van der Waals surface area (Å²) < 4.78 is 5.51. The maximum atomic E-state index is 5.51. The van der Waals surface area contributed by atoms with Crippen molar-refractivity contribution < 1.29 is 4.74 Å². The summed E-state index contributed by atoms with van der Waals surface area (Å²) in [7, 11) is 0. The smallest absolute Gasteiger partial charge is 0.0721 e. The number of hydrogen-bond acceptors (Lipinski definition) is 1. The highest BCUT2D eigenvalue weighted by Gasteiger charge is 2.21. The van der Waals surface area contributed by atoms with Gasteiger partial charge >= 0.3 is 0 Å². The fourth-order valence-electron chi connectivity index (χ4n) is 3.79. The molecule has 23 heavy (non-hydrogen) atoms. The number of benzene rings is 1. The summed E-state index contributed by atoms with van der Waals surface area (Å²) >= 11 is 0. The van der Waals surface area contributed by atoms with Crippen LogP contribution in [0.1, 0.15) is 81.8 Å². The van der Waals surface area contributed by atoms with Gasteiger partial charge in [0.25, 0.3) is 0 Å². The van der Waals surface area contributed by atoms with E-state index in [1.165, 1.54) is 68.9 Å². The largest absolute Gasteiger partial charge is 0.373 e. The summed E-state index contributed by atoms with van der Waals surface area (Å²) in [5.41, 5.74) is 2.79. The third kappa shape index (κ3) is 6.51. The zero-order valence-corrected chi connectivity index (χ0v) is 14.9. The average Bonchev–Trinajstić information content (AvgIpc) is 2.60. The van der Waals surface area contributed by atoms with E-state index in [1.807, 2.05) is 0 Å². The summed E-state index contributed by atoms with van der Waals surface area (Å²) in [6, 6.07) is 9.10. The molecule has 1 saturated carbocycles. The van der Waals surface area contributed by atoms with Crippen molar-refractivity contribution in [2.75, 3.05) is 6.61 Å². The Balaban J connectivity index is 1.71. The lowest BCUT2D eigenvalue weighted by atomic mass is 9.77. The lowest BCUT2D eigenvalue weighted by Crippen LogP contribution is -2.13. The van der Waals surface area contributed by atoms with Crippen molar-refractivity contribution in [3.8, 4) is 0 Å². The van der Waals surface area contributed by atoms with Gasteiger partial charge in [-0.1, -0.05) is 69.4 Å². The fraction of sp³-hybridized carbons (Fsp3) is 0.636. The summed E-state index contributed by atoms with van der Waals surface area (Å²) in [5, 5.41) is 0. The van der Waals surface area contributed by atoms with Gasteiger partial charge in [0, 0.05) is 0 Å². The second kappa shape index (κ2) is 10.6. The molecule has 0 amide bonds. The van der Waals surface area contributed by atoms with Gasteiger partial charge in [-0.2, -0.15) is 0 Å². The Kier molecular flexibility index (Phi) is 8.46. The van der Waals surface area contributed by atoms with Crippen LogP contribution in [0.3, 0.4) is 0 Å². The zero-order chi connectivity index (χ0) is 16.3. The minimum Gasteiger partial charge on any atom is -0.373 e.